The average molecular weight is 205 g/mol. The van der Waals surface area contributed by atoms with Gasteiger partial charge in [0.05, 0.1) is 17.9 Å². The highest BCUT2D eigenvalue weighted by atomic mass is 15.2. The van der Waals surface area contributed by atoms with Gasteiger partial charge in [0, 0.05) is 6.54 Å². The van der Waals surface area contributed by atoms with E-state index in [0.29, 0.717) is 6.04 Å². The van der Waals surface area contributed by atoms with Crippen LogP contribution in [-0.4, -0.2) is 28.2 Å². The van der Waals surface area contributed by atoms with Crippen molar-refractivity contribution in [3.8, 4) is 0 Å². The highest BCUT2D eigenvalue weighted by Gasteiger charge is 2.25. The molecule has 1 saturated heterocycles. The summed E-state index contributed by atoms with van der Waals surface area (Å²) in [6, 6.07) is 0.513. The monoisotopic (exact) mass is 205 g/mol. The zero-order valence-electron chi connectivity index (χ0n) is 9.37. The van der Waals surface area contributed by atoms with E-state index in [-0.39, 0.29) is 0 Å². The molecule has 1 N–H and O–H groups in total. The zero-order valence-corrected chi connectivity index (χ0v) is 9.37. The van der Waals surface area contributed by atoms with Crippen LogP contribution in [0.1, 0.15) is 36.6 Å². The number of rotatable bonds is 3. The van der Waals surface area contributed by atoms with E-state index in [1.807, 2.05) is 12.3 Å². The van der Waals surface area contributed by atoms with Crippen molar-refractivity contribution >= 4 is 0 Å². The van der Waals surface area contributed by atoms with Crippen molar-refractivity contribution in [2.24, 2.45) is 0 Å². The molecule has 15 heavy (non-hydrogen) atoms. The van der Waals surface area contributed by atoms with E-state index in [4.69, 9.17) is 0 Å². The largest absolute Gasteiger partial charge is 0.291 e. The molecule has 3 nitrogen and oxygen atoms in total. The quantitative estimate of drug-likeness (QED) is 0.769. The number of nitrogens with zero attached hydrogens (tertiary/aromatic N) is 2. The van der Waals surface area contributed by atoms with E-state index in [2.05, 4.69) is 28.6 Å². The van der Waals surface area contributed by atoms with Gasteiger partial charge < -0.3 is 0 Å². The number of aromatic nitrogens is 2. The fraction of sp³-hybridized carbons (Fsp3) is 0.583. The minimum absolute atomic E-state index is 0.513. The molecule has 0 aromatic carbocycles. The molecule has 1 atom stereocenters. The van der Waals surface area contributed by atoms with Gasteiger partial charge in [-0.25, -0.2) is 0 Å². The van der Waals surface area contributed by atoms with Gasteiger partial charge in [-0.2, -0.15) is 5.10 Å². The molecule has 0 aliphatic carbocycles. The molecule has 0 unspecified atom stereocenters. The maximum atomic E-state index is 4.11. The van der Waals surface area contributed by atoms with Crippen molar-refractivity contribution in [1.82, 2.24) is 15.1 Å². The van der Waals surface area contributed by atoms with Gasteiger partial charge in [-0.1, -0.05) is 12.5 Å². The van der Waals surface area contributed by atoms with Crippen molar-refractivity contribution in [3.05, 3.63) is 30.1 Å². The summed E-state index contributed by atoms with van der Waals surface area (Å²) in [6.45, 7) is 8.10. The summed E-state index contributed by atoms with van der Waals surface area (Å²) in [5.74, 6) is 0. The molecule has 0 bridgehead atoms. The highest BCUT2D eigenvalue weighted by molar-refractivity contribution is 5.18. The minimum Gasteiger partial charge on any atom is -0.291 e. The van der Waals surface area contributed by atoms with E-state index >= 15 is 0 Å². The summed E-state index contributed by atoms with van der Waals surface area (Å²) in [5, 5.41) is 7.25. The van der Waals surface area contributed by atoms with Gasteiger partial charge in [-0.15, -0.1) is 6.58 Å². The number of piperidine rings is 1. The Balaban J connectivity index is 2.17. The lowest BCUT2D eigenvalue weighted by molar-refractivity contribution is 0.162. The van der Waals surface area contributed by atoms with E-state index in [0.717, 1.165) is 6.54 Å². The lowest BCUT2D eigenvalue weighted by Crippen LogP contribution is -2.34. The van der Waals surface area contributed by atoms with Gasteiger partial charge in [0.2, 0.25) is 0 Å². The molecule has 1 aliphatic rings. The second-order valence-electron chi connectivity index (χ2n) is 4.26. The number of H-pyrrole nitrogens is 1. The number of hydrogen-bond acceptors (Lipinski definition) is 2. The fourth-order valence-electron chi connectivity index (χ4n) is 2.40. The van der Waals surface area contributed by atoms with Gasteiger partial charge in [0.1, 0.15) is 0 Å². The van der Waals surface area contributed by atoms with Crippen molar-refractivity contribution in [3.63, 3.8) is 0 Å². The van der Waals surface area contributed by atoms with Gasteiger partial charge in [-0.05, 0) is 31.9 Å². The highest BCUT2D eigenvalue weighted by Crippen LogP contribution is 2.30. The van der Waals surface area contributed by atoms with Crippen molar-refractivity contribution in [2.75, 3.05) is 13.1 Å². The van der Waals surface area contributed by atoms with Crippen LogP contribution < -0.4 is 0 Å². The Morgan fingerprint density at radius 1 is 1.67 bits per heavy atom. The first-order valence-electron chi connectivity index (χ1n) is 5.67. The van der Waals surface area contributed by atoms with Crippen LogP contribution in [0.4, 0.5) is 0 Å². The van der Waals surface area contributed by atoms with E-state index < -0.39 is 0 Å². The normalized spacial score (nSPS) is 22.9. The molecule has 1 aromatic rings. The second-order valence-corrected chi connectivity index (χ2v) is 4.26. The zero-order chi connectivity index (χ0) is 10.7. The van der Waals surface area contributed by atoms with E-state index in [1.54, 1.807) is 0 Å². The topological polar surface area (TPSA) is 31.9 Å². The van der Waals surface area contributed by atoms with E-state index in [9.17, 15) is 0 Å². The summed E-state index contributed by atoms with van der Waals surface area (Å²) < 4.78 is 0. The molecule has 1 aromatic heterocycles. The Morgan fingerprint density at radius 2 is 2.53 bits per heavy atom. The first-order valence-corrected chi connectivity index (χ1v) is 5.67. The third-order valence-corrected chi connectivity index (χ3v) is 3.18. The van der Waals surface area contributed by atoms with Crippen molar-refractivity contribution < 1.29 is 0 Å². The summed E-state index contributed by atoms with van der Waals surface area (Å²) in [4.78, 5) is 2.48. The number of hydrogen-bond donors (Lipinski definition) is 1. The predicted octanol–water partition coefficient (Wildman–Crippen LogP) is 2.43. The molecule has 3 heteroatoms. The molecule has 0 amide bonds. The van der Waals surface area contributed by atoms with Gasteiger partial charge in [0.25, 0.3) is 0 Å². The Morgan fingerprint density at radius 3 is 3.20 bits per heavy atom. The molecule has 82 valence electrons. The Labute approximate surface area is 91.2 Å². The molecule has 1 fully saturated rings. The summed E-state index contributed by atoms with van der Waals surface area (Å²) >= 11 is 0. The molecule has 0 radical (unpaired) electrons. The number of aromatic amines is 1. The molecule has 2 heterocycles. The van der Waals surface area contributed by atoms with Crippen LogP contribution in [0.5, 0.6) is 0 Å². The number of likely N-dealkylation sites (tertiary alicyclic amines) is 1. The molecule has 2 rings (SSSR count). The SMILES string of the molecule is C=CCN1CCCC[C@@H]1c1[nH]ncc1C. The van der Waals surface area contributed by atoms with E-state index in [1.165, 1.54) is 37.1 Å². The van der Waals surface area contributed by atoms with Gasteiger partial charge >= 0.3 is 0 Å². The van der Waals surface area contributed by atoms with Crippen molar-refractivity contribution in [1.29, 1.82) is 0 Å². The van der Waals surface area contributed by atoms with Crippen LogP contribution in [-0.2, 0) is 0 Å². The number of nitrogens with one attached hydrogen (secondary N) is 1. The second kappa shape index (κ2) is 4.62. The molecular weight excluding hydrogens is 186 g/mol. The summed E-state index contributed by atoms with van der Waals surface area (Å²) in [7, 11) is 0. The fourth-order valence-corrected chi connectivity index (χ4v) is 2.40. The van der Waals surface area contributed by atoms with Crippen molar-refractivity contribution in [2.45, 2.75) is 32.2 Å². The predicted molar refractivity (Wildman–Crippen MR) is 61.7 cm³/mol. The standard InChI is InChI=1S/C12H19N3/c1-3-7-15-8-5-4-6-11(15)12-10(2)9-13-14-12/h3,9,11H,1,4-8H2,2H3,(H,13,14)/t11-/m1/s1. The van der Waals surface area contributed by atoms with Crippen LogP contribution in [0.15, 0.2) is 18.9 Å². The van der Waals surface area contributed by atoms with Gasteiger partial charge in [0.15, 0.2) is 0 Å². The molecule has 0 spiro atoms. The minimum atomic E-state index is 0.513. The van der Waals surface area contributed by atoms with Crippen LogP contribution in [0.25, 0.3) is 0 Å². The molecule has 1 aliphatic heterocycles. The smallest absolute Gasteiger partial charge is 0.0553 e. The molecular formula is C12H19N3. The van der Waals surface area contributed by atoms with Crippen LogP contribution in [0, 0.1) is 6.92 Å². The van der Waals surface area contributed by atoms with Gasteiger partial charge in [-0.3, -0.25) is 10.00 Å². The Hall–Kier alpha value is -1.09. The third-order valence-electron chi connectivity index (χ3n) is 3.18. The van der Waals surface area contributed by atoms with Crippen LogP contribution >= 0.6 is 0 Å². The average Bonchev–Trinajstić information content (AvgIpc) is 2.66. The number of aryl methyl sites for hydroxylation is 1. The lowest BCUT2D eigenvalue weighted by atomic mass is 9.97. The maximum absolute atomic E-state index is 4.11. The first kappa shape index (κ1) is 10.4. The summed E-state index contributed by atoms with van der Waals surface area (Å²) in [5.41, 5.74) is 2.56. The third kappa shape index (κ3) is 2.12. The van der Waals surface area contributed by atoms with Crippen LogP contribution in [0.3, 0.4) is 0 Å². The molecule has 0 saturated carbocycles. The first-order chi connectivity index (χ1) is 7.33. The maximum Gasteiger partial charge on any atom is 0.0553 e. The Kier molecular flexibility index (Phi) is 3.21. The Bertz CT molecular complexity index is 329. The lowest BCUT2D eigenvalue weighted by Gasteiger charge is -2.34. The van der Waals surface area contributed by atoms with Crippen LogP contribution in [0.2, 0.25) is 0 Å². The summed E-state index contributed by atoms with van der Waals surface area (Å²) in [6.07, 6.45) is 7.76.